The first-order valence-corrected chi connectivity index (χ1v) is 4.07. The Bertz CT molecular complexity index is 356. The summed E-state index contributed by atoms with van der Waals surface area (Å²) >= 11 is 0. The van der Waals surface area contributed by atoms with Crippen molar-refractivity contribution in [3.63, 3.8) is 0 Å². The first-order chi connectivity index (χ1) is 7.23. The van der Waals surface area contributed by atoms with Gasteiger partial charge in [0.05, 0.1) is 6.42 Å². The molecule has 1 atom stereocenters. The van der Waals surface area contributed by atoms with Crippen molar-refractivity contribution < 1.29 is 32.7 Å². The average molecular weight is 237 g/mol. The molecular formula is C8H6F3NO4. The van der Waals surface area contributed by atoms with Crippen molar-refractivity contribution in [1.29, 1.82) is 0 Å². The second kappa shape index (κ2) is 3.95. The van der Waals surface area contributed by atoms with Crippen molar-refractivity contribution in [2.75, 3.05) is 0 Å². The lowest BCUT2D eigenvalue weighted by atomic mass is 10.1. The Morgan fingerprint density at radius 3 is 2.06 bits per heavy atom. The van der Waals surface area contributed by atoms with E-state index in [1.165, 1.54) is 0 Å². The van der Waals surface area contributed by atoms with E-state index in [0.29, 0.717) is 12.2 Å². The van der Waals surface area contributed by atoms with E-state index < -0.39 is 36.4 Å². The second-order valence-corrected chi connectivity index (χ2v) is 3.04. The van der Waals surface area contributed by atoms with Crippen LogP contribution in [0.3, 0.4) is 0 Å². The number of nitrogens with zero attached hydrogens (tertiary/aromatic N) is 1. The summed E-state index contributed by atoms with van der Waals surface area (Å²) in [5, 5.41) is 8.31. The zero-order valence-electron chi connectivity index (χ0n) is 7.69. The van der Waals surface area contributed by atoms with E-state index in [1.54, 1.807) is 0 Å². The quantitative estimate of drug-likeness (QED) is 0.717. The minimum Gasteiger partial charge on any atom is -0.481 e. The average Bonchev–Trinajstić information content (AvgIpc) is 2.41. The first-order valence-electron chi connectivity index (χ1n) is 4.07. The normalized spacial score (nSPS) is 18.1. The fraction of sp³-hybridized carbons (Fsp3) is 0.375. The first kappa shape index (κ1) is 12.2. The van der Waals surface area contributed by atoms with E-state index in [-0.39, 0.29) is 4.90 Å². The van der Waals surface area contributed by atoms with Crippen LogP contribution < -0.4 is 0 Å². The van der Waals surface area contributed by atoms with Gasteiger partial charge in [0, 0.05) is 12.2 Å². The molecule has 0 saturated carbocycles. The number of imide groups is 1. The van der Waals surface area contributed by atoms with Crippen LogP contribution in [0.2, 0.25) is 0 Å². The molecule has 2 amide bonds. The van der Waals surface area contributed by atoms with Gasteiger partial charge in [0.25, 0.3) is 11.8 Å². The summed E-state index contributed by atoms with van der Waals surface area (Å²) in [6, 6.07) is -2.63. The second-order valence-electron chi connectivity index (χ2n) is 3.04. The Hall–Kier alpha value is -1.86. The fourth-order valence-corrected chi connectivity index (χ4v) is 1.24. The van der Waals surface area contributed by atoms with Gasteiger partial charge in [0.15, 0.2) is 0 Å². The summed E-state index contributed by atoms with van der Waals surface area (Å²) < 4.78 is 37.3. The topological polar surface area (TPSA) is 74.7 Å². The van der Waals surface area contributed by atoms with Crippen LogP contribution in [0.25, 0.3) is 0 Å². The van der Waals surface area contributed by atoms with Gasteiger partial charge in [0.2, 0.25) is 0 Å². The Balaban J connectivity index is 2.98. The maximum absolute atomic E-state index is 12.4. The summed E-state index contributed by atoms with van der Waals surface area (Å²) in [6.45, 7) is 0. The number of halogens is 3. The lowest BCUT2D eigenvalue weighted by Gasteiger charge is -2.26. The van der Waals surface area contributed by atoms with E-state index in [4.69, 9.17) is 5.11 Å². The lowest BCUT2D eigenvalue weighted by molar-refractivity contribution is -0.193. The molecule has 8 heteroatoms. The van der Waals surface area contributed by atoms with Crippen molar-refractivity contribution in [2.24, 2.45) is 0 Å². The summed E-state index contributed by atoms with van der Waals surface area (Å²) in [4.78, 5) is 32.1. The standard InChI is InChI=1S/C8H6F3NO4/c9-8(10,11)4(3-7(15)16)12-5(13)1-2-6(12)14/h1-2,4H,3H2,(H,15,16)/t4-/m1/s1. The number of carboxylic acids is 1. The lowest BCUT2D eigenvalue weighted by Crippen LogP contribution is -2.49. The van der Waals surface area contributed by atoms with Gasteiger partial charge in [-0.25, -0.2) is 0 Å². The van der Waals surface area contributed by atoms with Crippen molar-refractivity contribution in [3.05, 3.63) is 12.2 Å². The van der Waals surface area contributed by atoms with Crippen LogP contribution in [0.5, 0.6) is 0 Å². The van der Waals surface area contributed by atoms with Crippen LogP contribution in [0.15, 0.2) is 12.2 Å². The third-order valence-corrected chi connectivity index (χ3v) is 1.90. The van der Waals surface area contributed by atoms with Crippen LogP contribution in [0.1, 0.15) is 6.42 Å². The van der Waals surface area contributed by atoms with Crippen LogP contribution >= 0.6 is 0 Å². The Labute approximate surface area is 87.1 Å². The number of amides is 2. The Kier molecular flexibility index (Phi) is 3.02. The molecule has 1 N–H and O–H groups in total. The number of rotatable bonds is 3. The molecule has 0 fully saturated rings. The minimum atomic E-state index is -4.96. The zero-order valence-corrected chi connectivity index (χ0v) is 7.69. The predicted octanol–water partition coefficient (Wildman–Crippen LogP) is 0.317. The highest BCUT2D eigenvalue weighted by Gasteiger charge is 2.49. The molecule has 1 aliphatic rings. The fourth-order valence-electron chi connectivity index (χ4n) is 1.24. The molecule has 1 rings (SSSR count). The molecule has 0 unspecified atom stereocenters. The van der Waals surface area contributed by atoms with Crippen LogP contribution in [-0.4, -0.2) is 40.0 Å². The number of aliphatic carboxylic acids is 1. The van der Waals surface area contributed by atoms with Gasteiger partial charge in [-0.3, -0.25) is 19.3 Å². The molecule has 0 aromatic rings. The molecular weight excluding hydrogens is 231 g/mol. The molecule has 0 aliphatic carbocycles. The molecule has 0 radical (unpaired) electrons. The largest absolute Gasteiger partial charge is 0.481 e. The molecule has 1 heterocycles. The SMILES string of the molecule is O=C(O)C[C@@H](N1C(=O)C=CC1=O)C(F)(F)F. The van der Waals surface area contributed by atoms with Crippen molar-refractivity contribution >= 4 is 17.8 Å². The minimum absolute atomic E-state index is 0.103. The number of alkyl halides is 3. The maximum Gasteiger partial charge on any atom is 0.409 e. The third-order valence-electron chi connectivity index (χ3n) is 1.90. The van der Waals surface area contributed by atoms with E-state index in [2.05, 4.69) is 0 Å². The highest BCUT2D eigenvalue weighted by molar-refractivity contribution is 6.13. The highest BCUT2D eigenvalue weighted by Crippen LogP contribution is 2.29. The molecule has 0 spiro atoms. The van der Waals surface area contributed by atoms with Gasteiger partial charge < -0.3 is 5.11 Å². The van der Waals surface area contributed by atoms with Gasteiger partial charge in [-0.15, -0.1) is 0 Å². The Morgan fingerprint density at radius 1 is 1.31 bits per heavy atom. The highest BCUT2D eigenvalue weighted by atomic mass is 19.4. The molecule has 0 bridgehead atoms. The van der Waals surface area contributed by atoms with E-state index in [0.717, 1.165) is 0 Å². The monoisotopic (exact) mass is 237 g/mol. The molecule has 1 aliphatic heterocycles. The maximum atomic E-state index is 12.4. The number of hydrogen-bond donors (Lipinski definition) is 1. The van der Waals surface area contributed by atoms with E-state index in [9.17, 15) is 27.6 Å². The van der Waals surface area contributed by atoms with Crippen molar-refractivity contribution in [1.82, 2.24) is 4.90 Å². The molecule has 0 saturated heterocycles. The van der Waals surface area contributed by atoms with Crippen LogP contribution in [-0.2, 0) is 14.4 Å². The van der Waals surface area contributed by atoms with Crippen LogP contribution in [0, 0.1) is 0 Å². The van der Waals surface area contributed by atoms with Gasteiger partial charge in [-0.1, -0.05) is 0 Å². The number of carbonyl (C=O) groups is 3. The van der Waals surface area contributed by atoms with Crippen molar-refractivity contribution in [2.45, 2.75) is 18.6 Å². The van der Waals surface area contributed by atoms with Gasteiger partial charge >= 0.3 is 12.1 Å². The number of carboxylic acid groups (broad SMARTS) is 1. The molecule has 5 nitrogen and oxygen atoms in total. The molecule has 0 aromatic carbocycles. The van der Waals surface area contributed by atoms with Gasteiger partial charge in [0.1, 0.15) is 6.04 Å². The summed E-state index contributed by atoms with van der Waals surface area (Å²) in [5.41, 5.74) is 0. The van der Waals surface area contributed by atoms with Gasteiger partial charge in [-0.05, 0) is 0 Å². The predicted molar refractivity (Wildman–Crippen MR) is 43.1 cm³/mol. The molecule has 88 valence electrons. The number of carbonyl (C=O) groups excluding carboxylic acids is 2. The molecule has 0 aromatic heterocycles. The van der Waals surface area contributed by atoms with Crippen molar-refractivity contribution in [3.8, 4) is 0 Å². The summed E-state index contributed by atoms with van der Waals surface area (Å²) in [6.07, 6.45) is -4.98. The van der Waals surface area contributed by atoms with E-state index in [1.807, 2.05) is 0 Å². The zero-order chi connectivity index (χ0) is 12.5. The number of hydrogen-bond acceptors (Lipinski definition) is 3. The smallest absolute Gasteiger partial charge is 0.409 e. The molecule has 16 heavy (non-hydrogen) atoms. The Morgan fingerprint density at radius 2 is 1.75 bits per heavy atom. The summed E-state index contributed by atoms with van der Waals surface area (Å²) in [7, 11) is 0. The third kappa shape index (κ3) is 2.38. The van der Waals surface area contributed by atoms with Gasteiger partial charge in [-0.2, -0.15) is 13.2 Å². The van der Waals surface area contributed by atoms with E-state index >= 15 is 0 Å². The van der Waals surface area contributed by atoms with Crippen LogP contribution in [0.4, 0.5) is 13.2 Å². The summed E-state index contributed by atoms with van der Waals surface area (Å²) in [5.74, 6) is -4.06.